The van der Waals surface area contributed by atoms with Crippen molar-refractivity contribution in [1.29, 1.82) is 0 Å². The Morgan fingerprint density at radius 1 is 0.923 bits per heavy atom. The van der Waals surface area contributed by atoms with Crippen LogP contribution in [0.1, 0.15) is 29.6 Å². The normalized spacial score (nSPS) is 22.8. The number of rotatable bonds is 2. The molecule has 1 aromatic rings. The molecule has 0 saturated carbocycles. The highest BCUT2D eigenvalue weighted by Crippen LogP contribution is 2.34. The van der Waals surface area contributed by atoms with E-state index in [-0.39, 0.29) is 17.9 Å². The van der Waals surface area contributed by atoms with Crippen molar-refractivity contribution >= 4 is 11.8 Å². The monoisotopic (exact) mass is 360 g/mol. The summed E-state index contributed by atoms with van der Waals surface area (Å²) in [4.78, 5) is 29.2. The average molecular weight is 360 g/mol. The van der Waals surface area contributed by atoms with Crippen molar-refractivity contribution in [2.75, 3.05) is 46.0 Å². The van der Waals surface area contributed by atoms with Crippen molar-refractivity contribution in [2.24, 2.45) is 0 Å². The fraction of sp³-hybridized carbons (Fsp3) is 0.579. The Bertz CT molecular complexity index is 687. The first-order valence-electron chi connectivity index (χ1n) is 9.32. The lowest BCUT2D eigenvalue weighted by molar-refractivity contribution is -0.140. The van der Waals surface area contributed by atoms with E-state index in [9.17, 15) is 9.59 Å². The molecule has 26 heavy (non-hydrogen) atoms. The van der Waals surface area contributed by atoms with Gasteiger partial charge in [-0.25, -0.2) is 0 Å². The summed E-state index contributed by atoms with van der Waals surface area (Å²) < 4.78 is 16.8. The highest BCUT2D eigenvalue weighted by atomic mass is 16.6. The summed E-state index contributed by atoms with van der Waals surface area (Å²) in [5.74, 6) is 1.14. The molecule has 1 atom stereocenters. The van der Waals surface area contributed by atoms with Gasteiger partial charge >= 0.3 is 0 Å². The third-order valence-corrected chi connectivity index (χ3v) is 5.10. The van der Waals surface area contributed by atoms with Gasteiger partial charge < -0.3 is 24.0 Å². The summed E-state index contributed by atoms with van der Waals surface area (Å²) >= 11 is 0. The Balaban J connectivity index is 1.44. The van der Waals surface area contributed by atoms with E-state index in [4.69, 9.17) is 14.2 Å². The highest BCUT2D eigenvalue weighted by Gasteiger charge is 2.31. The predicted octanol–water partition coefficient (Wildman–Crippen LogP) is 1.31. The van der Waals surface area contributed by atoms with E-state index in [1.165, 1.54) is 0 Å². The molecule has 3 aliphatic rings. The molecule has 2 amide bonds. The zero-order valence-electron chi connectivity index (χ0n) is 14.8. The fourth-order valence-electron chi connectivity index (χ4n) is 3.73. The maximum absolute atomic E-state index is 13.0. The van der Waals surface area contributed by atoms with Crippen molar-refractivity contribution in [1.82, 2.24) is 9.80 Å². The molecule has 0 aromatic heterocycles. The number of benzene rings is 1. The molecule has 4 rings (SSSR count). The highest BCUT2D eigenvalue weighted by molar-refractivity contribution is 5.98. The summed E-state index contributed by atoms with van der Waals surface area (Å²) in [6, 6.07) is 5.40. The first kappa shape index (κ1) is 17.1. The molecule has 0 spiro atoms. The van der Waals surface area contributed by atoms with Gasteiger partial charge in [-0.05, 0) is 31.4 Å². The lowest BCUT2D eigenvalue weighted by atomic mass is 10.1. The minimum absolute atomic E-state index is 0.0608. The standard InChI is InChI=1S/C19H24N2O5/c22-18(14-4-1-5-15-17(14)26-13-12-25-15)20-7-3-8-21(10-9-20)19(23)16-6-2-11-24-16/h1,4-5,16H,2-3,6-13H2/t16-/m1/s1. The average Bonchev–Trinajstić information content (AvgIpc) is 3.11. The first-order valence-corrected chi connectivity index (χ1v) is 9.32. The van der Waals surface area contributed by atoms with Gasteiger partial charge in [-0.1, -0.05) is 6.07 Å². The molecule has 0 aliphatic carbocycles. The number of para-hydroxylation sites is 1. The number of hydrogen-bond acceptors (Lipinski definition) is 5. The molecule has 7 nitrogen and oxygen atoms in total. The Labute approximate surface area is 152 Å². The molecule has 1 aromatic carbocycles. The molecule has 0 N–H and O–H groups in total. The quantitative estimate of drug-likeness (QED) is 0.796. The van der Waals surface area contributed by atoms with E-state index >= 15 is 0 Å². The lowest BCUT2D eigenvalue weighted by Gasteiger charge is -2.25. The molecular weight excluding hydrogens is 336 g/mol. The molecule has 0 radical (unpaired) electrons. The molecule has 3 heterocycles. The maximum Gasteiger partial charge on any atom is 0.257 e. The summed E-state index contributed by atoms with van der Waals surface area (Å²) in [6.07, 6.45) is 2.20. The van der Waals surface area contributed by atoms with Crippen LogP contribution < -0.4 is 9.47 Å². The van der Waals surface area contributed by atoms with Gasteiger partial charge in [0.25, 0.3) is 11.8 Å². The van der Waals surface area contributed by atoms with E-state index < -0.39 is 0 Å². The van der Waals surface area contributed by atoms with Crippen LogP contribution in [0.3, 0.4) is 0 Å². The zero-order valence-corrected chi connectivity index (χ0v) is 14.8. The largest absolute Gasteiger partial charge is 0.486 e. The number of hydrogen-bond donors (Lipinski definition) is 0. The van der Waals surface area contributed by atoms with E-state index in [2.05, 4.69) is 0 Å². The van der Waals surface area contributed by atoms with E-state index in [0.717, 1.165) is 19.3 Å². The number of carbonyl (C=O) groups excluding carboxylic acids is 2. The minimum Gasteiger partial charge on any atom is -0.486 e. The lowest BCUT2D eigenvalue weighted by Crippen LogP contribution is -2.41. The third kappa shape index (κ3) is 3.35. The summed E-state index contributed by atoms with van der Waals surface area (Å²) in [6.45, 7) is 3.94. The van der Waals surface area contributed by atoms with Crippen molar-refractivity contribution < 1.29 is 23.8 Å². The number of nitrogens with zero attached hydrogens (tertiary/aromatic N) is 2. The molecule has 2 saturated heterocycles. The minimum atomic E-state index is -0.302. The van der Waals surface area contributed by atoms with Crippen LogP contribution in [0.4, 0.5) is 0 Å². The van der Waals surface area contributed by atoms with Crippen LogP contribution in [-0.4, -0.2) is 73.7 Å². The van der Waals surface area contributed by atoms with Crippen LogP contribution in [0.15, 0.2) is 18.2 Å². The second kappa shape index (κ2) is 7.53. The molecule has 0 unspecified atom stereocenters. The van der Waals surface area contributed by atoms with Gasteiger partial charge in [0.2, 0.25) is 0 Å². The van der Waals surface area contributed by atoms with E-state index in [1.54, 1.807) is 11.0 Å². The Kier molecular flexibility index (Phi) is 4.97. The Morgan fingerprint density at radius 2 is 1.73 bits per heavy atom. The Morgan fingerprint density at radius 3 is 2.58 bits per heavy atom. The SMILES string of the molecule is O=C(c1cccc2c1OCCO2)N1CCCN(C(=O)[C@H]2CCCO2)CC1. The predicted molar refractivity (Wildman–Crippen MR) is 93.5 cm³/mol. The van der Waals surface area contributed by atoms with Crippen LogP contribution in [0, 0.1) is 0 Å². The zero-order chi connectivity index (χ0) is 17.9. The smallest absolute Gasteiger partial charge is 0.257 e. The molecule has 3 aliphatic heterocycles. The number of fused-ring (bicyclic) bond motifs is 1. The molecular formula is C19H24N2O5. The van der Waals surface area contributed by atoms with Gasteiger partial charge in [-0.3, -0.25) is 9.59 Å². The van der Waals surface area contributed by atoms with Crippen LogP contribution >= 0.6 is 0 Å². The summed E-state index contributed by atoms with van der Waals surface area (Å²) in [7, 11) is 0. The van der Waals surface area contributed by atoms with Gasteiger partial charge in [-0.15, -0.1) is 0 Å². The molecule has 2 fully saturated rings. The fourth-order valence-corrected chi connectivity index (χ4v) is 3.73. The van der Waals surface area contributed by atoms with Crippen LogP contribution in [0.25, 0.3) is 0 Å². The number of ether oxygens (including phenoxy) is 3. The Hall–Kier alpha value is -2.28. The maximum atomic E-state index is 13.0. The van der Waals surface area contributed by atoms with E-state index in [0.29, 0.717) is 63.1 Å². The number of carbonyl (C=O) groups is 2. The van der Waals surface area contributed by atoms with Crippen molar-refractivity contribution in [3.05, 3.63) is 23.8 Å². The molecule has 7 heteroatoms. The summed E-state index contributed by atoms with van der Waals surface area (Å²) in [5, 5.41) is 0. The number of amides is 2. The van der Waals surface area contributed by atoms with Crippen molar-refractivity contribution in [3.63, 3.8) is 0 Å². The third-order valence-electron chi connectivity index (χ3n) is 5.10. The van der Waals surface area contributed by atoms with Gasteiger partial charge in [0.05, 0.1) is 5.56 Å². The topological polar surface area (TPSA) is 68.3 Å². The van der Waals surface area contributed by atoms with Gasteiger partial charge in [0, 0.05) is 32.8 Å². The van der Waals surface area contributed by atoms with Crippen LogP contribution in [0.5, 0.6) is 11.5 Å². The van der Waals surface area contributed by atoms with Gasteiger partial charge in [0.1, 0.15) is 19.3 Å². The first-order chi connectivity index (χ1) is 12.7. The van der Waals surface area contributed by atoms with E-state index in [1.807, 2.05) is 17.0 Å². The second-order valence-corrected chi connectivity index (χ2v) is 6.80. The van der Waals surface area contributed by atoms with Gasteiger partial charge in [-0.2, -0.15) is 0 Å². The molecule has 0 bridgehead atoms. The summed E-state index contributed by atoms with van der Waals surface area (Å²) in [5.41, 5.74) is 0.529. The van der Waals surface area contributed by atoms with Crippen molar-refractivity contribution in [2.45, 2.75) is 25.4 Å². The van der Waals surface area contributed by atoms with Crippen LogP contribution in [0.2, 0.25) is 0 Å². The van der Waals surface area contributed by atoms with Gasteiger partial charge in [0.15, 0.2) is 11.5 Å². The van der Waals surface area contributed by atoms with Crippen LogP contribution in [-0.2, 0) is 9.53 Å². The van der Waals surface area contributed by atoms with Crippen molar-refractivity contribution in [3.8, 4) is 11.5 Å². The second-order valence-electron chi connectivity index (χ2n) is 6.80. The molecule has 140 valence electrons.